The van der Waals surface area contributed by atoms with Gasteiger partial charge in [0.1, 0.15) is 5.82 Å². The highest BCUT2D eigenvalue weighted by Gasteiger charge is 2.42. The molecule has 3 aromatic rings. The fraction of sp³-hybridized carbons (Fsp3) is 0.474. The lowest BCUT2D eigenvalue weighted by atomic mass is 9.97. The zero-order valence-electron chi connectivity index (χ0n) is 15.5. The largest absolute Gasteiger partial charge is 0.492 e. The van der Waals surface area contributed by atoms with E-state index in [4.69, 9.17) is 21.1 Å². The molecule has 0 amide bonds. The first kappa shape index (κ1) is 18.3. The molecule has 0 bridgehead atoms. The molecular formula is C19H21ClN4O3S. The van der Waals surface area contributed by atoms with E-state index >= 15 is 0 Å². The maximum atomic E-state index is 10.9. The molecule has 1 atom stereocenters. The van der Waals surface area contributed by atoms with Crippen LogP contribution in [0.1, 0.15) is 35.1 Å². The van der Waals surface area contributed by atoms with Gasteiger partial charge in [-0.2, -0.15) is 4.52 Å². The van der Waals surface area contributed by atoms with Gasteiger partial charge in [-0.3, -0.25) is 4.90 Å². The van der Waals surface area contributed by atoms with Gasteiger partial charge >= 0.3 is 0 Å². The number of benzene rings is 1. The summed E-state index contributed by atoms with van der Waals surface area (Å²) >= 11 is 8.02. The Labute approximate surface area is 171 Å². The van der Waals surface area contributed by atoms with Crippen LogP contribution < -0.4 is 0 Å². The molecule has 1 spiro atoms. The van der Waals surface area contributed by atoms with Gasteiger partial charge in [-0.25, -0.2) is 4.98 Å². The van der Waals surface area contributed by atoms with Gasteiger partial charge in [0.2, 0.25) is 10.8 Å². The summed E-state index contributed by atoms with van der Waals surface area (Å²) in [5.41, 5.74) is 0.963. The Morgan fingerprint density at radius 1 is 1.21 bits per heavy atom. The first-order chi connectivity index (χ1) is 13.6. The minimum absolute atomic E-state index is 0.124. The van der Waals surface area contributed by atoms with Crippen molar-refractivity contribution in [2.24, 2.45) is 0 Å². The minimum atomic E-state index is -0.452. The number of likely N-dealkylation sites (tertiary alicyclic amines) is 1. The van der Waals surface area contributed by atoms with Crippen LogP contribution in [-0.4, -0.2) is 56.7 Å². The Bertz CT molecular complexity index is 1000. The molecular weight excluding hydrogens is 400 g/mol. The predicted octanol–water partition coefficient (Wildman–Crippen LogP) is 3.39. The molecule has 1 aromatic carbocycles. The molecule has 9 heteroatoms. The van der Waals surface area contributed by atoms with Crippen molar-refractivity contribution >= 4 is 27.9 Å². The average molecular weight is 421 g/mol. The number of aromatic hydroxyl groups is 1. The highest BCUT2D eigenvalue weighted by Crippen LogP contribution is 2.44. The van der Waals surface area contributed by atoms with Gasteiger partial charge < -0.3 is 14.6 Å². The third kappa shape index (κ3) is 3.00. The van der Waals surface area contributed by atoms with Crippen molar-refractivity contribution in [3.05, 3.63) is 45.6 Å². The van der Waals surface area contributed by atoms with E-state index in [1.807, 2.05) is 31.2 Å². The Morgan fingerprint density at radius 2 is 1.93 bits per heavy atom. The number of nitrogens with zero attached hydrogens (tertiary/aromatic N) is 4. The smallest absolute Gasteiger partial charge is 0.230 e. The second kappa shape index (κ2) is 6.96. The fourth-order valence-electron chi connectivity index (χ4n) is 4.14. The van der Waals surface area contributed by atoms with Gasteiger partial charge in [0.15, 0.2) is 5.79 Å². The number of aromatic nitrogens is 3. The van der Waals surface area contributed by atoms with Gasteiger partial charge in [-0.05, 0) is 18.6 Å². The van der Waals surface area contributed by atoms with Crippen molar-refractivity contribution in [2.75, 3.05) is 26.3 Å². The summed E-state index contributed by atoms with van der Waals surface area (Å²) in [7, 11) is 0. The van der Waals surface area contributed by atoms with E-state index in [-0.39, 0.29) is 11.9 Å². The minimum Gasteiger partial charge on any atom is -0.492 e. The molecule has 0 unspecified atom stereocenters. The second-order valence-electron chi connectivity index (χ2n) is 7.21. The number of rotatable bonds is 3. The highest BCUT2D eigenvalue weighted by atomic mass is 35.5. The van der Waals surface area contributed by atoms with Crippen LogP contribution in [0.25, 0.3) is 4.96 Å². The van der Waals surface area contributed by atoms with Crippen molar-refractivity contribution in [1.29, 1.82) is 0 Å². The van der Waals surface area contributed by atoms with Crippen LogP contribution in [0.3, 0.4) is 0 Å². The normalized spacial score (nSPS) is 20.9. The molecule has 28 heavy (non-hydrogen) atoms. The number of fused-ring (bicyclic) bond motifs is 1. The van der Waals surface area contributed by atoms with Crippen LogP contribution in [0.2, 0.25) is 5.02 Å². The van der Waals surface area contributed by atoms with Crippen LogP contribution >= 0.6 is 22.9 Å². The highest BCUT2D eigenvalue weighted by molar-refractivity contribution is 7.17. The Morgan fingerprint density at radius 3 is 2.61 bits per heavy atom. The van der Waals surface area contributed by atoms with Gasteiger partial charge in [-0.15, -0.1) is 5.10 Å². The van der Waals surface area contributed by atoms with E-state index in [2.05, 4.69) is 15.0 Å². The molecule has 148 valence electrons. The lowest BCUT2D eigenvalue weighted by molar-refractivity contribution is -0.187. The average Bonchev–Trinajstić information content (AvgIpc) is 3.36. The quantitative estimate of drug-likeness (QED) is 0.700. The van der Waals surface area contributed by atoms with E-state index in [0.717, 1.165) is 36.4 Å². The van der Waals surface area contributed by atoms with Crippen molar-refractivity contribution in [2.45, 2.75) is 31.6 Å². The van der Waals surface area contributed by atoms with Crippen LogP contribution in [0, 0.1) is 6.92 Å². The van der Waals surface area contributed by atoms with Gasteiger partial charge in [-0.1, -0.05) is 41.1 Å². The summed E-state index contributed by atoms with van der Waals surface area (Å²) in [4.78, 5) is 8.22. The van der Waals surface area contributed by atoms with Crippen molar-refractivity contribution in [3.63, 3.8) is 0 Å². The summed E-state index contributed by atoms with van der Waals surface area (Å²) in [6, 6.07) is 7.61. The molecule has 0 aliphatic carbocycles. The Hall–Kier alpha value is -1.71. The van der Waals surface area contributed by atoms with Gasteiger partial charge in [0.25, 0.3) is 0 Å². The second-order valence-corrected chi connectivity index (χ2v) is 8.63. The van der Waals surface area contributed by atoms with Crippen LogP contribution in [0.15, 0.2) is 24.3 Å². The number of halogens is 1. The summed E-state index contributed by atoms with van der Waals surface area (Å²) in [6.07, 6.45) is 1.57. The molecule has 2 aliphatic heterocycles. The molecule has 4 heterocycles. The monoisotopic (exact) mass is 420 g/mol. The number of hydrogen-bond acceptors (Lipinski definition) is 7. The zero-order valence-corrected chi connectivity index (χ0v) is 17.0. The number of ether oxygens (including phenoxy) is 2. The predicted molar refractivity (Wildman–Crippen MR) is 106 cm³/mol. The van der Waals surface area contributed by atoms with Gasteiger partial charge in [0.05, 0.1) is 24.1 Å². The number of piperidine rings is 1. The molecule has 0 saturated carbocycles. The van der Waals surface area contributed by atoms with Crippen molar-refractivity contribution in [3.8, 4) is 5.88 Å². The standard InChI is InChI=1S/C19H21ClN4O3S/c1-12-21-18-24(22-12)17(25)16(28-18)15(13-4-2-3-5-14(13)20)23-8-6-19(7-9-23)26-10-11-27-19/h2-5,15,25H,6-11H2,1H3/t15-/m1/s1. The van der Waals surface area contributed by atoms with E-state index in [1.165, 1.54) is 15.9 Å². The molecule has 2 aliphatic rings. The number of thiazole rings is 1. The van der Waals surface area contributed by atoms with E-state index in [9.17, 15) is 5.11 Å². The summed E-state index contributed by atoms with van der Waals surface area (Å²) in [5.74, 6) is 0.309. The third-order valence-corrected chi connectivity index (χ3v) is 6.91. The fourth-order valence-corrected chi connectivity index (χ4v) is 5.53. The SMILES string of the molecule is Cc1nc2sc([C@@H](c3ccccc3Cl)N3CCC4(CC3)OCCO4)c(O)n2n1. The first-order valence-electron chi connectivity index (χ1n) is 9.38. The lowest BCUT2D eigenvalue weighted by Crippen LogP contribution is -2.46. The molecule has 7 nitrogen and oxygen atoms in total. The van der Waals surface area contributed by atoms with Crippen molar-refractivity contribution < 1.29 is 14.6 Å². The summed E-state index contributed by atoms with van der Waals surface area (Å²) in [6.45, 7) is 4.68. The molecule has 2 fully saturated rings. The molecule has 1 N–H and O–H groups in total. The zero-order chi connectivity index (χ0) is 19.3. The molecule has 5 rings (SSSR count). The van der Waals surface area contributed by atoms with Crippen LogP contribution in [0.4, 0.5) is 0 Å². The summed E-state index contributed by atoms with van der Waals surface area (Å²) < 4.78 is 13.3. The lowest BCUT2D eigenvalue weighted by Gasteiger charge is -2.41. The van der Waals surface area contributed by atoms with Crippen molar-refractivity contribution in [1.82, 2.24) is 19.5 Å². The first-order valence-corrected chi connectivity index (χ1v) is 10.6. The summed E-state index contributed by atoms with van der Waals surface area (Å²) in [5, 5.41) is 15.9. The number of aryl methyl sites for hydroxylation is 1. The topological polar surface area (TPSA) is 72.1 Å². The van der Waals surface area contributed by atoms with Crippen LogP contribution in [-0.2, 0) is 9.47 Å². The van der Waals surface area contributed by atoms with E-state index in [0.29, 0.717) is 29.0 Å². The molecule has 0 radical (unpaired) electrons. The van der Waals surface area contributed by atoms with E-state index in [1.54, 1.807) is 0 Å². The van der Waals surface area contributed by atoms with Crippen LogP contribution in [0.5, 0.6) is 5.88 Å². The van der Waals surface area contributed by atoms with E-state index < -0.39 is 5.79 Å². The molecule has 2 saturated heterocycles. The Balaban J connectivity index is 1.55. The maximum absolute atomic E-state index is 10.9. The Kier molecular flexibility index (Phi) is 4.56. The number of hydrogen-bond donors (Lipinski definition) is 1. The third-order valence-electron chi connectivity index (χ3n) is 5.49. The molecule has 2 aromatic heterocycles. The van der Waals surface area contributed by atoms with Gasteiger partial charge in [0, 0.05) is 31.0 Å². The maximum Gasteiger partial charge on any atom is 0.230 e.